The Morgan fingerprint density at radius 3 is 2.67 bits per heavy atom. The molecule has 0 bridgehead atoms. The van der Waals surface area contributed by atoms with Gasteiger partial charge in [0.15, 0.2) is 0 Å². The van der Waals surface area contributed by atoms with Crippen molar-refractivity contribution in [2.75, 3.05) is 26.0 Å². The number of carbonyl (C=O) groups is 1. The van der Waals surface area contributed by atoms with E-state index in [9.17, 15) is 18.9 Å². The molecule has 1 saturated heterocycles. The minimum Gasteiger partial charge on any atom is -0.449 e. The van der Waals surface area contributed by atoms with Gasteiger partial charge in [-0.05, 0) is 25.7 Å². The average Bonchev–Trinajstić information content (AvgIpc) is 3.16. The van der Waals surface area contributed by atoms with E-state index in [4.69, 9.17) is 16.3 Å². The first-order chi connectivity index (χ1) is 14.2. The van der Waals surface area contributed by atoms with Crippen LogP contribution in [-0.2, 0) is 22.1 Å². The Kier molecular flexibility index (Phi) is 7.30. The molecule has 2 heterocycles. The maximum Gasteiger partial charge on any atom is 0.409 e. The van der Waals surface area contributed by atoms with E-state index in [1.165, 1.54) is 23.1 Å². The van der Waals surface area contributed by atoms with Gasteiger partial charge < -0.3 is 19.3 Å². The van der Waals surface area contributed by atoms with Gasteiger partial charge in [-0.15, -0.1) is 0 Å². The number of halogens is 1. The number of carbonyl (C=O) groups excluding carboxylic acids is 1. The van der Waals surface area contributed by atoms with E-state index in [1.807, 2.05) is 6.92 Å². The summed E-state index contributed by atoms with van der Waals surface area (Å²) in [4.78, 5) is 27.1. The van der Waals surface area contributed by atoms with Crippen LogP contribution in [0.3, 0.4) is 0 Å². The van der Waals surface area contributed by atoms with E-state index in [1.54, 1.807) is 4.90 Å². The molecule has 1 spiro atoms. The van der Waals surface area contributed by atoms with Crippen LogP contribution in [0.25, 0.3) is 0 Å². The molecule has 2 atom stereocenters. The third-order valence-electron chi connectivity index (χ3n) is 6.60. The van der Waals surface area contributed by atoms with E-state index in [0.717, 1.165) is 38.5 Å². The lowest BCUT2D eigenvalue weighted by Crippen LogP contribution is -2.62. The molecule has 30 heavy (non-hydrogen) atoms. The number of ether oxygens (including phenoxy) is 1. The van der Waals surface area contributed by atoms with Gasteiger partial charge in [0.2, 0.25) is 0 Å². The highest BCUT2D eigenvalue weighted by molar-refractivity contribution is 7.84. The minimum atomic E-state index is -1.35. The summed E-state index contributed by atoms with van der Waals surface area (Å²) < 4.78 is 18.8. The highest BCUT2D eigenvalue weighted by atomic mass is 35.5. The molecule has 7 nitrogen and oxygen atoms in total. The molecule has 1 amide bonds. The molecule has 2 aliphatic rings. The summed E-state index contributed by atoms with van der Waals surface area (Å²) in [5.41, 5.74) is -1.97. The van der Waals surface area contributed by atoms with E-state index < -0.39 is 21.8 Å². The number of piperidine rings is 1. The van der Waals surface area contributed by atoms with Gasteiger partial charge >= 0.3 is 6.09 Å². The minimum absolute atomic E-state index is 0.0892. The van der Waals surface area contributed by atoms with Crippen LogP contribution in [0.2, 0.25) is 5.02 Å². The SMILES string of the molecule is CCCCOC(=O)N1CCC(O)(Cn2cc(S(C)=O)c(Cl)cc2=O)C2(CCCC2)C1. The summed E-state index contributed by atoms with van der Waals surface area (Å²) in [7, 11) is -1.35. The topological polar surface area (TPSA) is 88.8 Å². The Labute approximate surface area is 184 Å². The molecule has 1 saturated carbocycles. The Morgan fingerprint density at radius 2 is 2.03 bits per heavy atom. The van der Waals surface area contributed by atoms with Crippen LogP contribution in [0.15, 0.2) is 22.0 Å². The fourth-order valence-corrected chi connectivity index (χ4v) is 5.87. The van der Waals surface area contributed by atoms with Crippen LogP contribution in [0.4, 0.5) is 4.79 Å². The predicted molar refractivity (Wildman–Crippen MR) is 116 cm³/mol. The zero-order chi connectivity index (χ0) is 21.9. The van der Waals surface area contributed by atoms with Crippen molar-refractivity contribution in [1.29, 1.82) is 0 Å². The fraction of sp³-hybridized carbons (Fsp3) is 0.714. The molecule has 0 radical (unpaired) electrons. The van der Waals surface area contributed by atoms with Crippen molar-refractivity contribution >= 4 is 28.5 Å². The third kappa shape index (κ3) is 4.60. The van der Waals surface area contributed by atoms with Crippen molar-refractivity contribution in [3.8, 4) is 0 Å². The van der Waals surface area contributed by atoms with Crippen molar-refractivity contribution in [3.63, 3.8) is 0 Å². The van der Waals surface area contributed by atoms with Gasteiger partial charge in [0, 0.05) is 37.0 Å². The standard InChI is InChI=1S/C21H31ClN2O5S/c1-3-4-11-29-19(26)23-10-9-21(27,20(14-23)7-5-6-8-20)15-24-13-17(30(2)28)16(22)12-18(24)25/h12-13,27H,3-11,14-15H2,1-2H3. The van der Waals surface area contributed by atoms with Crippen LogP contribution in [-0.4, -0.2) is 56.4 Å². The number of pyridine rings is 1. The molecule has 1 aliphatic heterocycles. The highest BCUT2D eigenvalue weighted by Crippen LogP contribution is 2.51. The number of hydrogen-bond donors (Lipinski definition) is 1. The van der Waals surface area contributed by atoms with Gasteiger partial charge in [-0.3, -0.25) is 9.00 Å². The number of amides is 1. The number of aromatic nitrogens is 1. The van der Waals surface area contributed by atoms with Crippen molar-refractivity contribution in [1.82, 2.24) is 9.47 Å². The monoisotopic (exact) mass is 458 g/mol. The fourth-order valence-electron chi connectivity index (χ4n) is 4.80. The molecular formula is C21H31ClN2O5S. The first-order valence-electron chi connectivity index (χ1n) is 10.6. The van der Waals surface area contributed by atoms with Gasteiger partial charge in [-0.25, -0.2) is 4.79 Å². The van der Waals surface area contributed by atoms with Crippen molar-refractivity contribution in [2.45, 2.75) is 68.9 Å². The molecule has 2 unspecified atom stereocenters. The summed E-state index contributed by atoms with van der Waals surface area (Å²) in [6, 6.07) is 1.25. The Hall–Kier alpha value is -1.38. The Bertz CT molecular complexity index is 867. The second-order valence-electron chi connectivity index (χ2n) is 8.56. The van der Waals surface area contributed by atoms with Crippen molar-refractivity contribution < 1.29 is 18.8 Å². The number of unbranched alkanes of at least 4 members (excludes halogenated alkanes) is 1. The van der Waals surface area contributed by atoms with Crippen LogP contribution in [0.5, 0.6) is 0 Å². The number of hydrogen-bond acceptors (Lipinski definition) is 5. The molecule has 2 fully saturated rings. The van der Waals surface area contributed by atoms with Gasteiger partial charge in [0.1, 0.15) is 0 Å². The highest BCUT2D eigenvalue weighted by Gasteiger charge is 2.55. The molecule has 168 valence electrons. The molecule has 1 aromatic heterocycles. The molecule has 3 rings (SSSR count). The number of nitrogens with zero attached hydrogens (tertiary/aromatic N) is 2. The maximum absolute atomic E-state index is 12.5. The zero-order valence-electron chi connectivity index (χ0n) is 17.7. The molecule has 1 aromatic rings. The second-order valence-corrected chi connectivity index (χ2v) is 10.3. The normalized spacial score (nSPS) is 24.2. The van der Waals surface area contributed by atoms with Crippen molar-refractivity contribution in [2.24, 2.45) is 5.41 Å². The largest absolute Gasteiger partial charge is 0.449 e. The predicted octanol–water partition coefficient (Wildman–Crippen LogP) is 3.17. The summed E-state index contributed by atoms with van der Waals surface area (Å²) in [5, 5.41) is 11.9. The van der Waals surface area contributed by atoms with E-state index in [2.05, 4.69) is 0 Å². The lowest BCUT2D eigenvalue weighted by Gasteiger charge is -2.52. The van der Waals surface area contributed by atoms with Crippen LogP contribution >= 0.6 is 11.6 Å². The van der Waals surface area contributed by atoms with Gasteiger partial charge in [0.25, 0.3) is 5.56 Å². The summed E-state index contributed by atoms with van der Waals surface area (Å²) in [5.74, 6) is 0. The van der Waals surface area contributed by atoms with Gasteiger partial charge in [0.05, 0.1) is 39.5 Å². The Balaban J connectivity index is 1.85. The van der Waals surface area contributed by atoms with Gasteiger partial charge in [-0.1, -0.05) is 37.8 Å². The molecule has 9 heteroatoms. The first-order valence-corrected chi connectivity index (χ1v) is 12.5. The number of aliphatic hydroxyl groups is 1. The third-order valence-corrected chi connectivity index (χ3v) is 7.97. The summed E-state index contributed by atoms with van der Waals surface area (Å²) in [6.45, 7) is 3.33. The molecular weight excluding hydrogens is 428 g/mol. The summed E-state index contributed by atoms with van der Waals surface area (Å²) >= 11 is 6.07. The van der Waals surface area contributed by atoms with E-state index >= 15 is 0 Å². The van der Waals surface area contributed by atoms with Crippen molar-refractivity contribution in [3.05, 3.63) is 27.6 Å². The first kappa shape index (κ1) is 23.3. The number of rotatable bonds is 6. The smallest absolute Gasteiger partial charge is 0.409 e. The van der Waals surface area contributed by atoms with Gasteiger partial charge in [-0.2, -0.15) is 0 Å². The van der Waals surface area contributed by atoms with Crippen LogP contribution < -0.4 is 5.56 Å². The van der Waals surface area contributed by atoms with Crippen LogP contribution in [0, 0.1) is 5.41 Å². The maximum atomic E-state index is 12.5. The number of likely N-dealkylation sites (tertiary alicyclic amines) is 1. The zero-order valence-corrected chi connectivity index (χ0v) is 19.3. The molecule has 1 aliphatic carbocycles. The quantitative estimate of drug-likeness (QED) is 0.661. The molecule has 0 aromatic carbocycles. The van der Waals surface area contributed by atoms with E-state index in [-0.39, 0.29) is 23.2 Å². The Morgan fingerprint density at radius 1 is 1.33 bits per heavy atom. The summed E-state index contributed by atoms with van der Waals surface area (Å²) in [6.07, 6.45) is 8.33. The average molecular weight is 459 g/mol. The molecule has 1 N–H and O–H groups in total. The lowest BCUT2D eigenvalue weighted by atomic mass is 9.66. The van der Waals surface area contributed by atoms with Crippen LogP contribution in [0.1, 0.15) is 51.9 Å². The van der Waals surface area contributed by atoms with E-state index in [0.29, 0.717) is 31.0 Å². The second kappa shape index (κ2) is 9.40. The lowest BCUT2D eigenvalue weighted by molar-refractivity contribution is -0.138.